The van der Waals surface area contributed by atoms with Crippen LogP contribution in [0.25, 0.3) is 0 Å². The van der Waals surface area contributed by atoms with Crippen LogP contribution >= 0.6 is 27.5 Å². The molecule has 0 aliphatic rings. The lowest BCUT2D eigenvalue weighted by Gasteiger charge is -2.18. The van der Waals surface area contributed by atoms with Gasteiger partial charge in [0.15, 0.2) is 0 Å². The van der Waals surface area contributed by atoms with Gasteiger partial charge in [0.25, 0.3) is 0 Å². The molecule has 0 saturated carbocycles. The Hall–Kier alpha value is -1.39. The van der Waals surface area contributed by atoms with Crippen LogP contribution < -0.4 is 5.32 Å². The van der Waals surface area contributed by atoms with Gasteiger partial charge in [-0.25, -0.2) is 0 Å². The Morgan fingerprint density at radius 1 is 1.10 bits per heavy atom. The van der Waals surface area contributed by atoms with Crippen LogP contribution in [0, 0.1) is 6.92 Å². The van der Waals surface area contributed by atoms with E-state index in [2.05, 4.69) is 21.2 Å². The monoisotopic (exact) mass is 355 g/mol. The zero-order valence-electron chi connectivity index (χ0n) is 11.1. The molecule has 0 heterocycles. The van der Waals surface area contributed by atoms with E-state index in [9.17, 15) is 10.2 Å². The van der Waals surface area contributed by atoms with Gasteiger partial charge in [-0.2, -0.15) is 0 Å². The minimum Gasteiger partial charge on any atom is -0.508 e. The second-order valence-electron chi connectivity index (χ2n) is 4.73. The van der Waals surface area contributed by atoms with E-state index in [1.165, 1.54) is 6.07 Å². The lowest BCUT2D eigenvalue weighted by Crippen LogP contribution is -2.07. The molecule has 0 radical (unpaired) electrons. The number of aryl methyl sites for hydroxylation is 1. The van der Waals surface area contributed by atoms with E-state index in [1.807, 2.05) is 26.0 Å². The molecule has 2 aromatic rings. The molecule has 0 saturated heterocycles. The highest BCUT2D eigenvalue weighted by Gasteiger charge is 2.11. The molecule has 0 aromatic heterocycles. The molecule has 2 rings (SSSR count). The molecule has 20 heavy (non-hydrogen) atoms. The smallest absolute Gasteiger partial charge is 0.119 e. The number of aromatic hydroxyl groups is 2. The van der Waals surface area contributed by atoms with E-state index < -0.39 is 0 Å². The van der Waals surface area contributed by atoms with Gasteiger partial charge < -0.3 is 15.5 Å². The molecule has 2 aromatic carbocycles. The lowest BCUT2D eigenvalue weighted by molar-refractivity contribution is 0.448. The van der Waals surface area contributed by atoms with Crippen molar-refractivity contribution in [1.29, 1.82) is 0 Å². The first kappa shape index (κ1) is 15.0. The van der Waals surface area contributed by atoms with E-state index in [0.29, 0.717) is 5.02 Å². The van der Waals surface area contributed by atoms with Crippen molar-refractivity contribution in [3.63, 3.8) is 0 Å². The summed E-state index contributed by atoms with van der Waals surface area (Å²) >= 11 is 9.62. The zero-order chi connectivity index (χ0) is 14.9. The standard InChI is InChI=1S/C15H15BrClNO2/c1-8-3-13(16)15(7-14(8)17)18-9(2)10-4-11(19)6-12(20)5-10/h3-7,9,18-20H,1-2H3. The van der Waals surface area contributed by atoms with Gasteiger partial charge in [0.1, 0.15) is 11.5 Å². The number of hydrogen-bond acceptors (Lipinski definition) is 3. The van der Waals surface area contributed by atoms with Crippen molar-refractivity contribution >= 4 is 33.2 Å². The number of halogens is 2. The Morgan fingerprint density at radius 3 is 2.30 bits per heavy atom. The molecule has 0 bridgehead atoms. The second-order valence-corrected chi connectivity index (χ2v) is 5.99. The summed E-state index contributed by atoms with van der Waals surface area (Å²) in [5.74, 6) is 0.0734. The molecule has 0 spiro atoms. The average molecular weight is 357 g/mol. The summed E-state index contributed by atoms with van der Waals surface area (Å²) in [6, 6.07) is 8.22. The van der Waals surface area contributed by atoms with Crippen molar-refractivity contribution in [2.75, 3.05) is 5.32 Å². The van der Waals surface area contributed by atoms with Crippen molar-refractivity contribution in [2.45, 2.75) is 19.9 Å². The van der Waals surface area contributed by atoms with Crippen molar-refractivity contribution in [3.05, 3.63) is 51.0 Å². The first-order valence-electron chi connectivity index (χ1n) is 6.12. The highest BCUT2D eigenvalue weighted by atomic mass is 79.9. The normalized spacial score (nSPS) is 12.2. The minimum absolute atomic E-state index is 0.0367. The fraction of sp³-hybridized carbons (Fsp3) is 0.200. The van der Waals surface area contributed by atoms with Gasteiger partial charge in [-0.15, -0.1) is 0 Å². The molecule has 3 N–H and O–H groups in total. The number of nitrogens with one attached hydrogen (secondary N) is 1. The van der Waals surface area contributed by atoms with E-state index in [0.717, 1.165) is 21.3 Å². The van der Waals surface area contributed by atoms with E-state index in [-0.39, 0.29) is 17.5 Å². The van der Waals surface area contributed by atoms with E-state index >= 15 is 0 Å². The van der Waals surface area contributed by atoms with Gasteiger partial charge in [0.2, 0.25) is 0 Å². The lowest BCUT2D eigenvalue weighted by atomic mass is 10.1. The molecule has 0 fully saturated rings. The minimum atomic E-state index is -0.0944. The molecular weight excluding hydrogens is 342 g/mol. The van der Waals surface area contributed by atoms with Crippen LogP contribution in [-0.2, 0) is 0 Å². The fourth-order valence-corrected chi connectivity index (χ4v) is 2.68. The van der Waals surface area contributed by atoms with Crippen LogP contribution in [0.5, 0.6) is 11.5 Å². The highest BCUT2D eigenvalue weighted by molar-refractivity contribution is 9.10. The number of phenols is 2. The zero-order valence-corrected chi connectivity index (χ0v) is 13.5. The summed E-state index contributed by atoms with van der Waals surface area (Å²) in [6.45, 7) is 3.88. The van der Waals surface area contributed by atoms with Gasteiger partial charge in [0, 0.05) is 21.6 Å². The van der Waals surface area contributed by atoms with Gasteiger partial charge >= 0.3 is 0 Å². The van der Waals surface area contributed by atoms with Gasteiger partial charge in [-0.1, -0.05) is 11.6 Å². The van der Waals surface area contributed by atoms with Crippen molar-refractivity contribution in [3.8, 4) is 11.5 Å². The maximum Gasteiger partial charge on any atom is 0.119 e. The summed E-state index contributed by atoms with van der Waals surface area (Å²) in [6.07, 6.45) is 0. The van der Waals surface area contributed by atoms with Crippen LogP contribution in [0.1, 0.15) is 24.1 Å². The summed E-state index contributed by atoms with van der Waals surface area (Å²) < 4.78 is 0.913. The molecule has 1 atom stereocenters. The SMILES string of the molecule is Cc1cc(Br)c(NC(C)c2cc(O)cc(O)c2)cc1Cl. The Bertz CT molecular complexity index is 626. The molecule has 106 valence electrons. The van der Waals surface area contributed by atoms with Crippen molar-refractivity contribution in [2.24, 2.45) is 0 Å². The number of phenolic OH excluding ortho intramolecular Hbond substituents is 2. The maximum atomic E-state index is 9.53. The topological polar surface area (TPSA) is 52.5 Å². The van der Waals surface area contributed by atoms with E-state index in [1.54, 1.807) is 12.1 Å². The largest absolute Gasteiger partial charge is 0.508 e. The molecule has 3 nitrogen and oxygen atoms in total. The maximum absolute atomic E-state index is 9.53. The third-order valence-corrected chi connectivity index (χ3v) is 4.11. The van der Waals surface area contributed by atoms with Gasteiger partial charge in [0.05, 0.1) is 5.69 Å². The van der Waals surface area contributed by atoms with Gasteiger partial charge in [-0.3, -0.25) is 0 Å². The number of anilines is 1. The van der Waals surface area contributed by atoms with Crippen LogP contribution in [0.15, 0.2) is 34.8 Å². The Balaban J connectivity index is 2.27. The van der Waals surface area contributed by atoms with E-state index in [4.69, 9.17) is 11.6 Å². The molecular formula is C15H15BrClNO2. The predicted octanol–water partition coefficient (Wildman–Crippen LogP) is 5.00. The quantitative estimate of drug-likeness (QED) is 0.726. The molecule has 5 heteroatoms. The molecule has 0 aliphatic heterocycles. The van der Waals surface area contributed by atoms with Crippen LogP contribution in [-0.4, -0.2) is 10.2 Å². The molecule has 1 unspecified atom stereocenters. The molecule has 0 amide bonds. The third-order valence-electron chi connectivity index (χ3n) is 3.05. The fourth-order valence-electron chi connectivity index (χ4n) is 1.94. The predicted molar refractivity (Wildman–Crippen MR) is 85.7 cm³/mol. The van der Waals surface area contributed by atoms with Gasteiger partial charge in [-0.05, 0) is 65.2 Å². The van der Waals surface area contributed by atoms with Crippen molar-refractivity contribution in [1.82, 2.24) is 0 Å². The number of hydrogen-bond donors (Lipinski definition) is 3. The van der Waals surface area contributed by atoms with Crippen molar-refractivity contribution < 1.29 is 10.2 Å². The first-order valence-corrected chi connectivity index (χ1v) is 7.29. The van der Waals surface area contributed by atoms with Crippen LogP contribution in [0.3, 0.4) is 0 Å². The van der Waals surface area contributed by atoms with Crippen LogP contribution in [0.4, 0.5) is 5.69 Å². The highest BCUT2D eigenvalue weighted by Crippen LogP contribution is 2.33. The number of benzene rings is 2. The summed E-state index contributed by atoms with van der Waals surface area (Å²) in [5.41, 5.74) is 2.63. The Labute approximate surface area is 131 Å². The Morgan fingerprint density at radius 2 is 1.70 bits per heavy atom. The summed E-state index contributed by atoms with van der Waals surface area (Å²) in [4.78, 5) is 0. The van der Waals surface area contributed by atoms with Crippen LogP contribution in [0.2, 0.25) is 5.02 Å². The molecule has 0 aliphatic carbocycles. The second kappa shape index (κ2) is 5.94. The third kappa shape index (κ3) is 3.38. The summed E-state index contributed by atoms with van der Waals surface area (Å²) in [5, 5.41) is 23.0. The first-order chi connectivity index (χ1) is 9.36. The Kier molecular flexibility index (Phi) is 4.45. The summed E-state index contributed by atoms with van der Waals surface area (Å²) in [7, 11) is 0. The average Bonchev–Trinajstić information content (AvgIpc) is 2.34. The number of rotatable bonds is 3.